The van der Waals surface area contributed by atoms with E-state index in [1.165, 1.54) is 6.26 Å². The molecule has 0 aromatic heterocycles. The highest BCUT2D eigenvalue weighted by atomic mass is 32.2. The maximum absolute atomic E-state index is 11.5. The van der Waals surface area contributed by atoms with Crippen LogP contribution in [0.15, 0.2) is 29.2 Å². The number of carboxylic acid groups (broad SMARTS) is 1. The Morgan fingerprint density at radius 1 is 1.27 bits per heavy atom. The quantitative estimate of drug-likeness (QED) is 0.869. The van der Waals surface area contributed by atoms with E-state index in [0.29, 0.717) is 17.4 Å². The zero-order chi connectivity index (χ0) is 16.2. The molecule has 1 aromatic rings. The molecule has 1 saturated heterocycles. The lowest BCUT2D eigenvalue weighted by Crippen LogP contribution is -2.39. The van der Waals surface area contributed by atoms with Crippen molar-refractivity contribution in [3.05, 3.63) is 29.8 Å². The number of hydrogen-bond donors (Lipinski definition) is 1. The second kappa shape index (κ2) is 7.24. The first kappa shape index (κ1) is 17.0. The number of sulfone groups is 1. The van der Waals surface area contributed by atoms with Crippen molar-refractivity contribution in [1.82, 2.24) is 4.90 Å². The van der Waals surface area contributed by atoms with Gasteiger partial charge in [-0.1, -0.05) is 18.6 Å². The Kier molecular flexibility index (Phi) is 5.58. The molecular formula is C16H23NO4S. The third kappa shape index (κ3) is 4.81. The van der Waals surface area contributed by atoms with Crippen molar-refractivity contribution in [2.45, 2.75) is 49.6 Å². The second-order valence-corrected chi connectivity index (χ2v) is 7.98. The van der Waals surface area contributed by atoms with Gasteiger partial charge in [0, 0.05) is 25.3 Å². The number of likely N-dealkylation sites (tertiary alicyclic amines) is 1. The van der Waals surface area contributed by atoms with Gasteiger partial charge in [-0.15, -0.1) is 0 Å². The molecule has 1 atom stereocenters. The molecule has 1 fully saturated rings. The number of piperidine rings is 1. The summed E-state index contributed by atoms with van der Waals surface area (Å²) >= 11 is 0. The van der Waals surface area contributed by atoms with Crippen LogP contribution in [0.4, 0.5) is 0 Å². The molecule has 0 radical (unpaired) electrons. The molecule has 122 valence electrons. The maximum atomic E-state index is 11.5. The molecule has 0 amide bonds. The maximum Gasteiger partial charge on any atom is 0.303 e. The van der Waals surface area contributed by atoms with Crippen LogP contribution in [0.1, 0.15) is 37.7 Å². The summed E-state index contributed by atoms with van der Waals surface area (Å²) in [5, 5.41) is 8.85. The highest BCUT2D eigenvalue weighted by Crippen LogP contribution is 2.23. The summed E-state index contributed by atoms with van der Waals surface area (Å²) in [6.45, 7) is 1.71. The van der Waals surface area contributed by atoms with Gasteiger partial charge in [0.1, 0.15) is 0 Å². The average molecular weight is 325 g/mol. The molecule has 5 nitrogen and oxygen atoms in total. The van der Waals surface area contributed by atoms with Gasteiger partial charge in [0.25, 0.3) is 0 Å². The predicted molar refractivity (Wildman–Crippen MR) is 84.5 cm³/mol. The fraction of sp³-hybridized carbons (Fsp3) is 0.562. The van der Waals surface area contributed by atoms with E-state index in [0.717, 1.165) is 37.9 Å². The summed E-state index contributed by atoms with van der Waals surface area (Å²) < 4.78 is 22.9. The van der Waals surface area contributed by atoms with Crippen LogP contribution in [0.25, 0.3) is 0 Å². The van der Waals surface area contributed by atoms with Crippen LogP contribution in [0, 0.1) is 0 Å². The molecule has 1 aliphatic rings. The first-order chi connectivity index (χ1) is 10.4. The van der Waals surface area contributed by atoms with E-state index in [2.05, 4.69) is 4.90 Å². The lowest BCUT2D eigenvalue weighted by atomic mass is 9.97. The Bertz CT molecular complexity index is 610. The van der Waals surface area contributed by atoms with Crippen LogP contribution < -0.4 is 0 Å². The van der Waals surface area contributed by atoms with Gasteiger partial charge in [0.05, 0.1) is 4.90 Å². The minimum Gasteiger partial charge on any atom is -0.481 e. The molecule has 2 rings (SSSR count). The number of carbonyl (C=O) groups is 1. The number of hydrogen-bond acceptors (Lipinski definition) is 4. The van der Waals surface area contributed by atoms with Gasteiger partial charge in [0.2, 0.25) is 0 Å². The van der Waals surface area contributed by atoms with Gasteiger partial charge in [0.15, 0.2) is 9.84 Å². The van der Waals surface area contributed by atoms with E-state index < -0.39 is 15.8 Å². The Morgan fingerprint density at radius 3 is 2.55 bits per heavy atom. The van der Waals surface area contributed by atoms with Crippen molar-refractivity contribution in [2.24, 2.45) is 0 Å². The first-order valence-electron chi connectivity index (χ1n) is 7.61. The summed E-state index contributed by atoms with van der Waals surface area (Å²) in [4.78, 5) is 13.4. The topological polar surface area (TPSA) is 74.7 Å². The predicted octanol–water partition coefficient (Wildman–Crippen LogP) is 2.31. The summed E-state index contributed by atoms with van der Waals surface area (Å²) in [6, 6.07) is 7.28. The van der Waals surface area contributed by atoms with E-state index >= 15 is 0 Å². The lowest BCUT2D eigenvalue weighted by molar-refractivity contribution is -0.137. The Morgan fingerprint density at radius 2 is 1.95 bits per heavy atom. The van der Waals surface area contributed by atoms with Crippen LogP contribution in [-0.4, -0.2) is 43.2 Å². The molecule has 22 heavy (non-hydrogen) atoms. The van der Waals surface area contributed by atoms with Crippen LogP contribution in [0.3, 0.4) is 0 Å². The average Bonchev–Trinajstić information content (AvgIpc) is 2.46. The van der Waals surface area contributed by atoms with E-state index in [-0.39, 0.29) is 6.42 Å². The molecule has 1 N–H and O–H groups in total. The number of rotatable bonds is 6. The number of aliphatic carboxylic acids is 1. The monoisotopic (exact) mass is 325 g/mol. The summed E-state index contributed by atoms with van der Waals surface area (Å²) in [6.07, 6.45) is 5.40. The van der Waals surface area contributed by atoms with Gasteiger partial charge in [-0.05, 0) is 43.5 Å². The molecule has 6 heteroatoms. The van der Waals surface area contributed by atoms with Gasteiger partial charge in [-0.2, -0.15) is 0 Å². The fourth-order valence-electron chi connectivity index (χ4n) is 2.96. The number of carboxylic acids is 1. The molecule has 1 aliphatic heterocycles. The van der Waals surface area contributed by atoms with Gasteiger partial charge in [-0.25, -0.2) is 8.42 Å². The van der Waals surface area contributed by atoms with Crippen molar-refractivity contribution in [3.8, 4) is 0 Å². The highest BCUT2D eigenvalue weighted by molar-refractivity contribution is 7.90. The van der Waals surface area contributed by atoms with Crippen molar-refractivity contribution in [1.29, 1.82) is 0 Å². The molecule has 0 saturated carbocycles. The van der Waals surface area contributed by atoms with Crippen molar-refractivity contribution in [2.75, 3.05) is 12.8 Å². The number of nitrogens with zero attached hydrogens (tertiary/aromatic N) is 1. The summed E-state index contributed by atoms with van der Waals surface area (Å²) in [5.41, 5.74) is 1.06. The Hall–Kier alpha value is -1.40. The van der Waals surface area contributed by atoms with Crippen molar-refractivity contribution >= 4 is 15.8 Å². The molecule has 1 aromatic carbocycles. The zero-order valence-corrected chi connectivity index (χ0v) is 13.7. The van der Waals surface area contributed by atoms with Gasteiger partial charge >= 0.3 is 5.97 Å². The number of benzene rings is 1. The largest absolute Gasteiger partial charge is 0.481 e. The smallest absolute Gasteiger partial charge is 0.303 e. The molecule has 0 aliphatic carbocycles. The second-order valence-electron chi connectivity index (χ2n) is 5.97. The minimum atomic E-state index is -3.16. The zero-order valence-electron chi connectivity index (χ0n) is 12.9. The van der Waals surface area contributed by atoms with Crippen LogP contribution >= 0.6 is 0 Å². The lowest BCUT2D eigenvalue weighted by Gasteiger charge is -2.35. The van der Waals surface area contributed by atoms with Crippen molar-refractivity contribution < 1.29 is 18.3 Å². The fourth-order valence-corrected chi connectivity index (χ4v) is 3.59. The first-order valence-corrected chi connectivity index (χ1v) is 9.50. The highest BCUT2D eigenvalue weighted by Gasteiger charge is 2.23. The Labute approximate surface area is 131 Å². The normalized spacial score (nSPS) is 20.0. The van der Waals surface area contributed by atoms with Gasteiger partial charge < -0.3 is 5.11 Å². The van der Waals surface area contributed by atoms with E-state index in [1.807, 2.05) is 12.1 Å². The third-order valence-corrected chi connectivity index (χ3v) is 5.31. The molecule has 1 heterocycles. The van der Waals surface area contributed by atoms with Crippen molar-refractivity contribution in [3.63, 3.8) is 0 Å². The Balaban J connectivity index is 2.02. The minimum absolute atomic E-state index is 0.203. The standard InChI is InChI=1S/C16H23NO4S/c1-22(20,21)15-8-5-13(6-9-15)12-17-11-3-2-4-14(17)7-10-16(18)19/h5-6,8-9,14H,2-4,7,10-12H2,1H3,(H,18,19)/t14-/m1/s1. The van der Waals surface area contributed by atoms with Gasteiger partial charge in [-0.3, -0.25) is 9.69 Å². The molecule has 0 spiro atoms. The third-order valence-electron chi connectivity index (χ3n) is 4.18. The molecule has 0 bridgehead atoms. The van der Waals surface area contributed by atoms with E-state index in [9.17, 15) is 13.2 Å². The SMILES string of the molecule is CS(=O)(=O)c1ccc(CN2CCCC[C@@H]2CCC(=O)O)cc1. The van der Waals surface area contributed by atoms with E-state index in [4.69, 9.17) is 5.11 Å². The van der Waals surface area contributed by atoms with Crippen LogP contribution in [-0.2, 0) is 21.2 Å². The summed E-state index contributed by atoms with van der Waals surface area (Å²) in [7, 11) is -3.16. The molecule has 0 unspecified atom stereocenters. The van der Waals surface area contributed by atoms with Crippen LogP contribution in [0.5, 0.6) is 0 Å². The summed E-state index contributed by atoms with van der Waals surface area (Å²) in [5.74, 6) is -0.747. The van der Waals surface area contributed by atoms with E-state index in [1.54, 1.807) is 12.1 Å². The van der Waals surface area contributed by atoms with Crippen LogP contribution in [0.2, 0.25) is 0 Å². The molecular weight excluding hydrogens is 302 g/mol.